The first kappa shape index (κ1) is 18.7. The highest BCUT2D eigenvalue weighted by Gasteiger charge is 2.16. The van der Waals surface area contributed by atoms with Crippen molar-refractivity contribution >= 4 is 33.8 Å². The van der Waals surface area contributed by atoms with Crippen LogP contribution in [-0.4, -0.2) is 17.9 Å². The molecule has 0 aliphatic heterocycles. The number of amides is 1. The quantitative estimate of drug-likeness (QED) is 0.661. The van der Waals surface area contributed by atoms with Gasteiger partial charge in [0.1, 0.15) is 11.2 Å². The van der Waals surface area contributed by atoms with E-state index in [4.69, 9.17) is 8.83 Å². The minimum absolute atomic E-state index is 0.0200. The fourth-order valence-electron chi connectivity index (χ4n) is 3.16. The summed E-state index contributed by atoms with van der Waals surface area (Å²) in [5.41, 5.74) is 2.68. The van der Waals surface area contributed by atoms with Crippen molar-refractivity contribution in [1.82, 2.24) is 5.32 Å². The third-order valence-corrected chi connectivity index (χ3v) is 4.81. The maximum Gasteiger partial charge on any atom is 0.339 e. The minimum Gasteiger partial charge on any atom is -0.548 e. The summed E-state index contributed by atoms with van der Waals surface area (Å²) < 4.78 is 10.9. The molecule has 1 atom stereocenters. The molecule has 7 heteroatoms. The molecule has 2 heterocycles. The first-order valence-corrected chi connectivity index (χ1v) is 8.76. The van der Waals surface area contributed by atoms with Crippen LogP contribution < -0.4 is 16.0 Å². The van der Waals surface area contributed by atoms with Gasteiger partial charge in [-0.2, -0.15) is 0 Å². The van der Waals surface area contributed by atoms with E-state index in [1.54, 1.807) is 19.3 Å². The third kappa shape index (κ3) is 3.58. The first-order valence-electron chi connectivity index (χ1n) is 8.76. The lowest BCUT2D eigenvalue weighted by atomic mass is 10.0. The zero-order valence-electron chi connectivity index (χ0n) is 15.4. The number of aryl methyl sites for hydroxylation is 2. The summed E-state index contributed by atoms with van der Waals surface area (Å²) in [6.45, 7) is 5.38. The Hall–Kier alpha value is -3.09. The maximum atomic E-state index is 12.4. The Morgan fingerprint density at radius 2 is 1.93 bits per heavy atom. The predicted octanol–water partition coefficient (Wildman–Crippen LogP) is 1.73. The standard InChI is InChI=1S/C20H21NO6/c1-4-15(19(23)24)21-18(22)6-5-12-11(3)14-7-13-10(2)9-26-16(13)8-17(14)27-20(12)25/h7-9,15H,4-6H2,1-3H3,(H,21,22)(H,23,24)/p-1/t15-/m1/s1. The van der Waals surface area contributed by atoms with Crippen LogP contribution >= 0.6 is 0 Å². The summed E-state index contributed by atoms with van der Waals surface area (Å²) in [6, 6.07) is 2.56. The lowest BCUT2D eigenvalue weighted by molar-refractivity contribution is -0.308. The van der Waals surface area contributed by atoms with E-state index < -0.39 is 23.5 Å². The van der Waals surface area contributed by atoms with Crippen LogP contribution in [0.15, 0.2) is 32.0 Å². The number of benzene rings is 1. The van der Waals surface area contributed by atoms with E-state index in [-0.39, 0.29) is 19.3 Å². The summed E-state index contributed by atoms with van der Waals surface area (Å²) in [7, 11) is 0. The Bertz CT molecular complexity index is 1090. The Balaban J connectivity index is 1.89. The summed E-state index contributed by atoms with van der Waals surface area (Å²) >= 11 is 0. The Morgan fingerprint density at radius 1 is 1.19 bits per heavy atom. The average molecular weight is 370 g/mol. The van der Waals surface area contributed by atoms with Crippen molar-refractivity contribution in [2.24, 2.45) is 0 Å². The second-order valence-electron chi connectivity index (χ2n) is 6.60. The van der Waals surface area contributed by atoms with Gasteiger partial charge in [-0.15, -0.1) is 0 Å². The number of carbonyl (C=O) groups excluding carboxylic acids is 2. The van der Waals surface area contributed by atoms with Crippen LogP contribution in [-0.2, 0) is 16.0 Å². The van der Waals surface area contributed by atoms with Crippen LogP contribution in [0, 0.1) is 13.8 Å². The molecule has 1 aromatic carbocycles. The molecular weight excluding hydrogens is 350 g/mol. The topological polar surface area (TPSA) is 113 Å². The van der Waals surface area contributed by atoms with E-state index in [0.717, 1.165) is 21.9 Å². The van der Waals surface area contributed by atoms with Gasteiger partial charge in [-0.05, 0) is 43.9 Å². The molecule has 0 radical (unpaired) electrons. The summed E-state index contributed by atoms with van der Waals surface area (Å²) in [5, 5.41) is 15.0. The van der Waals surface area contributed by atoms with Crippen LogP contribution in [0.25, 0.3) is 21.9 Å². The van der Waals surface area contributed by atoms with Gasteiger partial charge < -0.3 is 24.1 Å². The maximum absolute atomic E-state index is 12.4. The van der Waals surface area contributed by atoms with Crippen molar-refractivity contribution < 1.29 is 23.5 Å². The van der Waals surface area contributed by atoms with E-state index in [2.05, 4.69) is 5.32 Å². The Labute approximate surface area is 155 Å². The van der Waals surface area contributed by atoms with Gasteiger partial charge in [0.2, 0.25) is 5.91 Å². The fourth-order valence-corrected chi connectivity index (χ4v) is 3.16. The molecule has 0 saturated carbocycles. The van der Waals surface area contributed by atoms with Crippen LogP contribution in [0.5, 0.6) is 0 Å². The average Bonchev–Trinajstić information content (AvgIpc) is 2.98. The molecule has 0 saturated heterocycles. The molecule has 0 aliphatic carbocycles. The first-order chi connectivity index (χ1) is 12.8. The molecule has 3 aromatic rings. The fraction of sp³-hybridized carbons (Fsp3) is 0.350. The van der Waals surface area contributed by atoms with E-state index in [1.807, 2.05) is 19.9 Å². The summed E-state index contributed by atoms with van der Waals surface area (Å²) in [6.07, 6.45) is 2.00. The zero-order valence-corrected chi connectivity index (χ0v) is 15.4. The number of nitrogens with one attached hydrogen (secondary N) is 1. The lowest BCUT2D eigenvalue weighted by Gasteiger charge is -2.17. The smallest absolute Gasteiger partial charge is 0.339 e. The van der Waals surface area contributed by atoms with Crippen molar-refractivity contribution in [2.75, 3.05) is 0 Å². The van der Waals surface area contributed by atoms with Crippen LogP contribution in [0.3, 0.4) is 0 Å². The Morgan fingerprint density at radius 3 is 2.59 bits per heavy atom. The van der Waals surface area contributed by atoms with Gasteiger partial charge in [0.05, 0.1) is 18.3 Å². The molecule has 0 fully saturated rings. The van der Waals surface area contributed by atoms with E-state index in [1.165, 1.54) is 0 Å². The monoisotopic (exact) mass is 370 g/mol. The van der Waals surface area contributed by atoms with E-state index in [9.17, 15) is 19.5 Å². The lowest BCUT2D eigenvalue weighted by Crippen LogP contribution is -2.47. The molecule has 1 N–H and O–H groups in total. The van der Waals surface area contributed by atoms with Crippen LogP contribution in [0.2, 0.25) is 0 Å². The molecule has 0 spiro atoms. The van der Waals surface area contributed by atoms with Gasteiger partial charge in [-0.25, -0.2) is 4.79 Å². The SMILES string of the molecule is CC[C@@H](NC(=O)CCc1c(C)c2cc3c(C)coc3cc2oc1=O)C(=O)[O-]. The third-order valence-electron chi connectivity index (χ3n) is 4.81. The Kier molecular flexibility index (Phi) is 5.03. The van der Waals surface area contributed by atoms with Gasteiger partial charge in [0, 0.05) is 28.8 Å². The second-order valence-corrected chi connectivity index (χ2v) is 6.60. The molecule has 2 aromatic heterocycles. The number of aliphatic carboxylic acids is 1. The van der Waals surface area contributed by atoms with Crippen molar-refractivity contribution in [3.63, 3.8) is 0 Å². The molecule has 3 rings (SSSR count). The van der Waals surface area contributed by atoms with E-state index in [0.29, 0.717) is 16.7 Å². The number of rotatable bonds is 6. The zero-order chi connectivity index (χ0) is 19.7. The molecule has 0 unspecified atom stereocenters. The number of hydrogen-bond donors (Lipinski definition) is 1. The highest BCUT2D eigenvalue weighted by molar-refractivity contribution is 5.96. The minimum atomic E-state index is -1.33. The highest BCUT2D eigenvalue weighted by atomic mass is 16.4. The number of carboxylic acid groups (broad SMARTS) is 1. The van der Waals surface area contributed by atoms with Crippen LogP contribution in [0.4, 0.5) is 0 Å². The predicted molar refractivity (Wildman–Crippen MR) is 97.3 cm³/mol. The van der Waals surface area contributed by atoms with Crippen LogP contribution in [0.1, 0.15) is 36.5 Å². The van der Waals surface area contributed by atoms with E-state index >= 15 is 0 Å². The van der Waals surface area contributed by atoms with Gasteiger partial charge in [-0.1, -0.05) is 6.92 Å². The molecule has 1 amide bonds. The second kappa shape index (κ2) is 7.26. The number of fused-ring (bicyclic) bond motifs is 2. The molecule has 27 heavy (non-hydrogen) atoms. The molecular formula is C20H20NO6-. The van der Waals surface area contributed by atoms with Crippen molar-refractivity contribution in [3.05, 3.63) is 45.5 Å². The number of carbonyl (C=O) groups is 2. The molecule has 142 valence electrons. The largest absolute Gasteiger partial charge is 0.548 e. The summed E-state index contributed by atoms with van der Waals surface area (Å²) in [5.74, 6) is -1.78. The van der Waals surface area contributed by atoms with Gasteiger partial charge in [-0.3, -0.25) is 4.79 Å². The number of furan rings is 1. The molecule has 0 aliphatic rings. The van der Waals surface area contributed by atoms with Gasteiger partial charge >= 0.3 is 5.63 Å². The summed E-state index contributed by atoms with van der Waals surface area (Å²) in [4.78, 5) is 35.3. The number of carboxylic acids is 1. The van der Waals surface area contributed by atoms with Crippen molar-refractivity contribution in [2.45, 2.75) is 46.1 Å². The van der Waals surface area contributed by atoms with Crippen molar-refractivity contribution in [3.8, 4) is 0 Å². The van der Waals surface area contributed by atoms with Gasteiger partial charge in [0.15, 0.2) is 0 Å². The highest BCUT2D eigenvalue weighted by Crippen LogP contribution is 2.28. The number of hydrogen-bond acceptors (Lipinski definition) is 6. The molecule has 0 bridgehead atoms. The van der Waals surface area contributed by atoms with Crippen molar-refractivity contribution in [1.29, 1.82) is 0 Å². The normalized spacial score (nSPS) is 12.4. The molecule has 7 nitrogen and oxygen atoms in total. The van der Waals surface area contributed by atoms with Gasteiger partial charge in [0.25, 0.3) is 0 Å².